The molecule has 2 amide bonds. The van der Waals surface area contributed by atoms with E-state index in [0.29, 0.717) is 22.9 Å². The molecule has 6 heteroatoms. The van der Waals surface area contributed by atoms with E-state index in [1.807, 2.05) is 84.9 Å². The third-order valence-electron chi connectivity index (χ3n) is 5.55. The number of alkyl halides is 2. The molecule has 2 N–H and O–H groups in total. The first-order valence-corrected chi connectivity index (χ1v) is 12.4. The Labute approximate surface area is 220 Å². The van der Waals surface area contributed by atoms with Crippen LogP contribution in [-0.2, 0) is 11.8 Å². The molecular weight excluding hydrogens is 491 g/mol. The molecule has 0 aliphatic rings. The summed E-state index contributed by atoms with van der Waals surface area (Å²) >= 11 is 11.6. The van der Waals surface area contributed by atoms with Crippen molar-refractivity contribution in [1.82, 2.24) is 0 Å². The van der Waals surface area contributed by atoms with Crippen molar-refractivity contribution in [3.05, 3.63) is 130 Å². The van der Waals surface area contributed by atoms with Gasteiger partial charge in [0, 0.05) is 34.3 Å². The van der Waals surface area contributed by atoms with Crippen molar-refractivity contribution >= 4 is 58.5 Å². The van der Waals surface area contributed by atoms with E-state index in [1.54, 1.807) is 24.3 Å². The van der Waals surface area contributed by atoms with Crippen LogP contribution in [0.25, 0.3) is 12.2 Å². The Bertz CT molecular complexity index is 1240. The summed E-state index contributed by atoms with van der Waals surface area (Å²) in [6.07, 6.45) is 3.98. The maximum Gasteiger partial charge on any atom is 0.255 e. The summed E-state index contributed by atoms with van der Waals surface area (Å²) in [4.78, 5) is 24.8. The van der Waals surface area contributed by atoms with Crippen LogP contribution in [0.2, 0.25) is 0 Å². The second-order valence-electron chi connectivity index (χ2n) is 8.15. The van der Waals surface area contributed by atoms with Gasteiger partial charge in [0.1, 0.15) is 0 Å². The van der Waals surface area contributed by atoms with Crippen LogP contribution in [0.3, 0.4) is 0 Å². The van der Waals surface area contributed by atoms with Crippen LogP contribution >= 0.6 is 23.2 Å². The second kappa shape index (κ2) is 12.2. The Morgan fingerprint density at radius 2 is 0.861 bits per heavy atom. The minimum atomic E-state index is -0.168. The van der Waals surface area contributed by atoms with Crippen molar-refractivity contribution in [1.29, 1.82) is 0 Å². The van der Waals surface area contributed by atoms with Crippen molar-refractivity contribution in [2.75, 3.05) is 10.6 Å². The third-order valence-corrected chi connectivity index (χ3v) is 6.16. The number of rotatable bonds is 8. The van der Waals surface area contributed by atoms with E-state index in [-0.39, 0.29) is 11.8 Å². The molecule has 0 aliphatic heterocycles. The summed E-state index contributed by atoms with van der Waals surface area (Å²) in [6, 6.07) is 29.6. The largest absolute Gasteiger partial charge is 0.322 e. The number of anilines is 2. The zero-order valence-corrected chi connectivity index (χ0v) is 20.9. The number of nitrogens with one attached hydrogen (secondary N) is 2. The van der Waals surface area contributed by atoms with E-state index in [1.165, 1.54) is 0 Å². The predicted octanol–water partition coefficient (Wildman–Crippen LogP) is 7.84. The number of benzene rings is 4. The summed E-state index contributed by atoms with van der Waals surface area (Å²) in [7, 11) is 0. The van der Waals surface area contributed by atoms with Crippen LogP contribution in [-0.4, -0.2) is 11.8 Å². The van der Waals surface area contributed by atoms with Gasteiger partial charge in [0.15, 0.2) is 0 Å². The molecule has 0 aromatic heterocycles. The number of carbonyl (C=O) groups is 2. The molecular formula is C30H24Cl2N2O2. The fourth-order valence-electron chi connectivity index (χ4n) is 3.44. The summed E-state index contributed by atoms with van der Waals surface area (Å²) in [5.74, 6) is 0.502. The molecule has 4 aromatic carbocycles. The predicted molar refractivity (Wildman–Crippen MR) is 150 cm³/mol. The van der Waals surface area contributed by atoms with Crippen LogP contribution in [0, 0.1) is 0 Å². The summed E-state index contributed by atoms with van der Waals surface area (Å²) < 4.78 is 0. The molecule has 0 aliphatic carbocycles. The van der Waals surface area contributed by atoms with Gasteiger partial charge >= 0.3 is 0 Å². The Balaban J connectivity index is 1.31. The highest BCUT2D eigenvalue weighted by Crippen LogP contribution is 2.17. The van der Waals surface area contributed by atoms with Gasteiger partial charge in [-0.05, 0) is 70.8 Å². The zero-order valence-electron chi connectivity index (χ0n) is 19.4. The molecule has 180 valence electrons. The van der Waals surface area contributed by atoms with Crippen molar-refractivity contribution in [2.24, 2.45) is 0 Å². The topological polar surface area (TPSA) is 58.2 Å². The lowest BCUT2D eigenvalue weighted by molar-refractivity contribution is 0.101. The van der Waals surface area contributed by atoms with Gasteiger partial charge in [-0.3, -0.25) is 9.59 Å². The number of amides is 2. The quantitative estimate of drug-likeness (QED) is 0.186. The van der Waals surface area contributed by atoms with Gasteiger partial charge in [-0.25, -0.2) is 0 Å². The molecule has 0 atom stereocenters. The Kier molecular flexibility index (Phi) is 8.56. The second-order valence-corrected chi connectivity index (χ2v) is 8.68. The fourth-order valence-corrected chi connectivity index (χ4v) is 3.80. The molecule has 0 saturated carbocycles. The highest BCUT2D eigenvalue weighted by Gasteiger charge is 2.07. The van der Waals surface area contributed by atoms with E-state index in [4.69, 9.17) is 23.2 Å². The third kappa shape index (κ3) is 6.85. The standard InChI is InChI=1S/C30H24Cl2N2O2/c31-19-23-3-11-25(12-4-23)29(35)33-27-15-7-21(8-16-27)1-2-22-9-17-28(18-10-22)34-30(36)26-13-5-24(20-32)6-14-26/h1-18H,19-20H2,(H,33,35)(H,34,36). The number of hydrogen-bond donors (Lipinski definition) is 2. The van der Waals surface area contributed by atoms with Gasteiger partial charge in [-0.1, -0.05) is 60.7 Å². The molecule has 0 radical (unpaired) electrons. The lowest BCUT2D eigenvalue weighted by Crippen LogP contribution is -2.11. The van der Waals surface area contributed by atoms with Crippen LogP contribution in [0.1, 0.15) is 43.0 Å². The number of carbonyl (C=O) groups excluding carboxylic acids is 2. The van der Waals surface area contributed by atoms with E-state index in [9.17, 15) is 9.59 Å². The first-order chi connectivity index (χ1) is 17.5. The Morgan fingerprint density at radius 3 is 1.17 bits per heavy atom. The lowest BCUT2D eigenvalue weighted by Gasteiger charge is -2.07. The van der Waals surface area contributed by atoms with Crippen LogP contribution < -0.4 is 10.6 Å². The molecule has 4 nitrogen and oxygen atoms in total. The smallest absolute Gasteiger partial charge is 0.255 e. The van der Waals surface area contributed by atoms with Gasteiger partial charge in [0.2, 0.25) is 0 Å². The van der Waals surface area contributed by atoms with Gasteiger partial charge in [0.25, 0.3) is 11.8 Å². The minimum absolute atomic E-state index is 0.168. The first-order valence-electron chi connectivity index (χ1n) is 11.3. The van der Waals surface area contributed by atoms with Crippen LogP contribution in [0.4, 0.5) is 11.4 Å². The van der Waals surface area contributed by atoms with Crippen LogP contribution in [0.5, 0.6) is 0 Å². The van der Waals surface area contributed by atoms with Gasteiger partial charge in [0.05, 0.1) is 0 Å². The van der Waals surface area contributed by atoms with Crippen LogP contribution in [0.15, 0.2) is 97.1 Å². The molecule has 0 fully saturated rings. The molecule has 36 heavy (non-hydrogen) atoms. The average molecular weight is 515 g/mol. The highest BCUT2D eigenvalue weighted by molar-refractivity contribution is 6.17. The molecule has 0 heterocycles. The average Bonchev–Trinajstić information content (AvgIpc) is 2.93. The van der Waals surface area contributed by atoms with E-state index in [0.717, 1.165) is 33.6 Å². The van der Waals surface area contributed by atoms with E-state index >= 15 is 0 Å². The van der Waals surface area contributed by atoms with E-state index in [2.05, 4.69) is 10.6 Å². The normalized spacial score (nSPS) is 10.8. The van der Waals surface area contributed by atoms with Crippen molar-refractivity contribution in [3.8, 4) is 0 Å². The maximum atomic E-state index is 12.4. The Morgan fingerprint density at radius 1 is 0.528 bits per heavy atom. The monoisotopic (exact) mass is 514 g/mol. The molecule has 4 aromatic rings. The fraction of sp³-hybridized carbons (Fsp3) is 0.0667. The number of halogens is 2. The van der Waals surface area contributed by atoms with Gasteiger partial charge in [-0.15, -0.1) is 23.2 Å². The van der Waals surface area contributed by atoms with Crippen molar-refractivity contribution < 1.29 is 9.59 Å². The summed E-state index contributed by atoms with van der Waals surface area (Å²) in [5, 5.41) is 5.80. The molecule has 4 rings (SSSR count). The summed E-state index contributed by atoms with van der Waals surface area (Å²) in [5.41, 5.74) is 6.53. The van der Waals surface area contributed by atoms with Gasteiger partial charge < -0.3 is 10.6 Å². The van der Waals surface area contributed by atoms with Gasteiger partial charge in [-0.2, -0.15) is 0 Å². The SMILES string of the molecule is O=C(Nc1ccc(C=Cc2ccc(NC(=O)c3ccc(CCl)cc3)cc2)cc1)c1ccc(CCl)cc1. The summed E-state index contributed by atoms with van der Waals surface area (Å²) in [6.45, 7) is 0. The lowest BCUT2D eigenvalue weighted by atomic mass is 10.1. The molecule has 0 saturated heterocycles. The highest BCUT2D eigenvalue weighted by atomic mass is 35.5. The first kappa shape index (κ1) is 25.2. The van der Waals surface area contributed by atoms with Crippen molar-refractivity contribution in [2.45, 2.75) is 11.8 Å². The van der Waals surface area contributed by atoms with Crippen molar-refractivity contribution in [3.63, 3.8) is 0 Å². The maximum absolute atomic E-state index is 12.4. The van der Waals surface area contributed by atoms with E-state index < -0.39 is 0 Å². The Hall–Kier alpha value is -3.86. The minimum Gasteiger partial charge on any atom is -0.322 e. The number of hydrogen-bond acceptors (Lipinski definition) is 2. The zero-order chi connectivity index (χ0) is 25.3. The molecule has 0 spiro atoms. The molecule has 0 bridgehead atoms. The molecule has 0 unspecified atom stereocenters.